The van der Waals surface area contributed by atoms with E-state index in [2.05, 4.69) is 4.90 Å². The van der Waals surface area contributed by atoms with Crippen LogP contribution in [0.15, 0.2) is 24.3 Å². The largest absolute Gasteiger partial charge is 0.492 e. The third-order valence-electron chi connectivity index (χ3n) is 4.49. The lowest BCUT2D eigenvalue weighted by Crippen LogP contribution is -2.26. The van der Waals surface area contributed by atoms with Crippen molar-refractivity contribution in [1.82, 2.24) is 4.90 Å². The fraction of sp³-hybridized carbons (Fsp3) is 0.667. The fourth-order valence-corrected chi connectivity index (χ4v) is 3.10. The van der Waals surface area contributed by atoms with Gasteiger partial charge in [-0.25, -0.2) is 0 Å². The first-order valence-corrected chi connectivity index (χ1v) is 8.63. The summed E-state index contributed by atoms with van der Waals surface area (Å²) in [5.41, 5.74) is 0. The van der Waals surface area contributed by atoms with Gasteiger partial charge < -0.3 is 14.2 Å². The molecule has 3 rings (SSSR count). The van der Waals surface area contributed by atoms with Crippen molar-refractivity contribution in [2.45, 2.75) is 32.0 Å². The molecule has 1 aromatic carbocycles. The summed E-state index contributed by atoms with van der Waals surface area (Å²) in [6.07, 6.45) is 4.08. The first-order chi connectivity index (χ1) is 11.3. The second kappa shape index (κ2) is 8.50. The number of halogens is 1. The molecule has 0 spiro atoms. The van der Waals surface area contributed by atoms with E-state index in [1.54, 1.807) is 0 Å². The molecule has 0 N–H and O–H groups in total. The van der Waals surface area contributed by atoms with Gasteiger partial charge >= 0.3 is 0 Å². The average molecular weight is 323 g/mol. The van der Waals surface area contributed by atoms with Crippen LogP contribution in [0.5, 0.6) is 11.5 Å². The molecule has 2 atom stereocenters. The highest BCUT2D eigenvalue weighted by Gasteiger charge is 2.21. The molecule has 0 saturated carbocycles. The molecule has 2 saturated heterocycles. The summed E-state index contributed by atoms with van der Waals surface area (Å²) in [7, 11) is 0. The van der Waals surface area contributed by atoms with Crippen LogP contribution in [0.4, 0.5) is 4.39 Å². The summed E-state index contributed by atoms with van der Waals surface area (Å²) in [6.45, 7) is 3.89. The number of alkyl halides is 1. The zero-order chi connectivity index (χ0) is 15.9. The van der Waals surface area contributed by atoms with Gasteiger partial charge in [-0.3, -0.25) is 9.29 Å². The predicted molar refractivity (Wildman–Crippen MR) is 86.7 cm³/mol. The first-order valence-electron chi connectivity index (χ1n) is 8.63. The van der Waals surface area contributed by atoms with E-state index in [1.165, 1.54) is 0 Å². The maximum absolute atomic E-state index is 12.6. The zero-order valence-corrected chi connectivity index (χ0v) is 13.6. The van der Waals surface area contributed by atoms with Crippen LogP contribution in [-0.2, 0) is 4.74 Å². The van der Waals surface area contributed by atoms with Crippen LogP contribution in [0.25, 0.3) is 0 Å². The number of nitrogens with zero attached hydrogens (tertiary/aromatic N) is 1. The average Bonchev–Trinajstić information content (AvgIpc) is 3.05. The Morgan fingerprint density at radius 2 is 1.96 bits per heavy atom. The van der Waals surface area contributed by atoms with Crippen LogP contribution in [0, 0.1) is 5.92 Å². The van der Waals surface area contributed by atoms with Gasteiger partial charge in [0.05, 0.1) is 13.3 Å². The van der Waals surface area contributed by atoms with Crippen molar-refractivity contribution in [3.05, 3.63) is 24.3 Å². The Balaban J connectivity index is 1.37. The highest BCUT2D eigenvalue weighted by atomic mass is 19.1. The minimum atomic E-state index is -0.205. The molecule has 2 aliphatic heterocycles. The van der Waals surface area contributed by atoms with Gasteiger partial charge in [-0.2, -0.15) is 0 Å². The normalized spacial score (nSPS) is 25.4. The molecule has 2 unspecified atom stereocenters. The van der Waals surface area contributed by atoms with E-state index in [1.807, 2.05) is 24.3 Å². The molecular weight excluding hydrogens is 297 g/mol. The molecule has 2 heterocycles. The van der Waals surface area contributed by atoms with Crippen LogP contribution in [0.3, 0.4) is 0 Å². The lowest BCUT2D eigenvalue weighted by atomic mass is 10.1. The second-order valence-electron chi connectivity index (χ2n) is 6.34. The van der Waals surface area contributed by atoms with Crippen molar-refractivity contribution >= 4 is 0 Å². The topological polar surface area (TPSA) is 30.9 Å². The Labute approximate surface area is 137 Å². The number of hydrogen-bond donors (Lipinski definition) is 0. The molecule has 23 heavy (non-hydrogen) atoms. The highest BCUT2D eigenvalue weighted by Crippen LogP contribution is 2.22. The summed E-state index contributed by atoms with van der Waals surface area (Å²) >= 11 is 0. The van der Waals surface area contributed by atoms with Crippen molar-refractivity contribution in [1.29, 1.82) is 0 Å². The smallest absolute Gasteiger partial charge is 0.199 e. The van der Waals surface area contributed by atoms with Crippen LogP contribution in [0.1, 0.15) is 25.7 Å². The Hall–Kier alpha value is -1.33. The van der Waals surface area contributed by atoms with Gasteiger partial charge in [0, 0.05) is 25.4 Å². The Kier molecular flexibility index (Phi) is 6.11. The quantitative estimate of drug-likeness (QED) is 0.771. The van der Waals surface area contributed by atoms with E-state index < -0.39 is 0 Å². The molecular formula is C18H26FNO3. The highest BCUT2D eigenvalue weighted by molar-refractivity contribution is 5.31. The third-order valence-corrected chi connectivity index (χ3v) is 4.49. The summed E-state index contributed by atoms with van der Waals surface area (Å²) in [5.74, 6) is 1.87. The number of benzene rings is 1. The molecule has 0 bridgehead atoms. The van der Waals surface area contributed by atoms with E-state index in [0.29, 0.717) is 6.61 Å². The maximum Gasteiger partial charge on any atom is 0.199 e. The molecule has 0 aromatic heterocycles. The number of hydrogen-bond acceptors (Lipinski definition) is 4. The minimum absolute atomic E-state index is 0.117. The number of ether oxygens (including phenoxy) is 3. The predicted octanol–water partition coefficient (Wildman–Crippen LogP) is 3.26. The van der Waals surface area contributed by atoms with E-state index in [4.69, 9.17) is 14.2 Å². The van der Waals surface area contributed by atoms with Crippen molar-refractivity contribution in [2.75, 3.05) is 39.5 Å². The van der Waals surface area contributed by atoms with E-state index in [9.17, 15) is 4.39 Å². The van der Waals surface area contributed by atoms with Crippen LogP contribution in [0.2, 0.25) is 0 Å². The first kappa shape index (κ1) is 16.5. The summed E-state index contributed by atoms with van der Waals surface area (Å²) in [5, 5.41) is 0. The number of rotatable bonds is 7. The Bertz CT molecular complexity index is 462. The molecule has 1 aromatic rings. The van der Waals surface area contributed by atoms with E-state index in [0.717, 1.165) is 63.4 Å². The number of likely N-dealkylation sites (tertiary alicyclic amines) is 1. The lowest BCUT2D eigenvalue weighted by molar-refractivity contribution is -0.105. The molecule has 4 nitrogen and oxygen atoms in total. The third kappa shape index (κ3) is 5.08. The molecule has 0 radical (unpaired) electrons. The summed E-state index contributed by atoms with van der Waals surface area (Å²) in [4.78, 5) is 2.27. The minimum Gasteiger partial charge on any atom is -0.492 e. The monoisotopic (exact) mass is 323 g/mol. The van der Waals surface area contributed by atoms with Gasteiger partial charge in [-0.1, -0.05) is 0 Å². The van der Waals surface area contributed by atoms with E-state index >= 15 is 0 Å². The molecule has 0 amide bonds. The fourth-order valence-electron chi connectivity index (χ4n) is 3.10. The van der Waals surface area contributed by atoms with Crippen molar-refractivity contribution in [2.24, 2.45) is 5.92 Å². The SMILES string of the molecule is FCC1CCN(CCOc2ccc(OC3CCCCO3)cc2)C1. The van der Waals surface area contributed by atoms with Gasteiger partial charge in [-0.15, -0.1) is 0 Å². The van der Waals surface area contributed by atoms with Gasteiger partial charge in [0.1, 0.15) is 18.1 Å². The van der Waals surface area contributed by atoms with Crippen molar-refractivity contribution in [3.8, 4) is 11.5 Å². The molecule has 5 heteroatoms. The van der Waals surface area contributed by atoms with Crippen LogP contribution < -0.4 is 9.47 Å². The van der Waals surface area contributed by atoms with E-state index in [-0.39, 0.29) is 18.9 Å². The standard InChI is InChI=1S/C18H26FNO3/c19-13-15-8-9-20(14-15)10-12-21-16-4-6-17(7-5-16)23-18-3-1-2-11-22-18/h4-7,15,18H,1-3,8-14H2. The zero-order valence-electron chi connectivity index (χ0n) is 13.6. The Morgan fingerprint density at radius 3 is 2.65 bits per heavy atom. The summed E-state index contributed by atoms with van der Waals surface area (Å²) in [6, 6.07) is 7.68. The molecule has 2 fully saturated rings. The van der Waals surface area contributed by atoms with Crippen LogP contribution in [-0.4, -0.2) is 50.7 Å². The molecule has 0 aliphatic carbocycles. The maximum atomic E-state index is 12.6. The lowest BCUT2D eigenvalue weighted by Gasteiger charge is -2.23. The van der Waals surface area contributed by atoms with Crippen molar-refractivity contribution < 1.29 is 18.6 Å². The summed E-state index contributed by atoms with van der Waals surface area (Å²) < 4.78 is 29.7. The molecule has 2 aliphatic rings. The van der Waals surface area contributed by atoms with Gasteiger partial charge in [0.15, 0.2) is 6.29 Å². The van der Waals surface area contributed by atoms with Gasteiger partial charge in [0.25, 0.3) is 0 Å². The molecule has 128 valence electrons. The van der Waals surface area contributed by atoms with Gasteiger partial charge in [0.2, 0.25) is 0 Å². The van der Waals surface area contributed by atoms with Crippen molar-refractivity contribution in [3.63, 3.8) is 0 Å². The van der Waals surface area contributed by atoms with Gasteiger partial charge in [-0.05, 0) is 50.1 Å². The van der Waals surface area contributed by atoms with Crippen LogP contribution >= 0.6 is 0 Å². The Morgan fingerprint density at radius 1 is 1.13 bits per heavy atom. The second-order valence-corrected chi connectivity index (χ2v) is 6.34.